The lowest BCUT2D eigenvalue weighted by Crippen LogP contribution is -2.50. The molecule has 0 heterocycles. The van der Waals surface area contributed by atoms with Crippen molar-refractivity contribution < 1.29 is 21.4 Å². The van der Waals surface area contributed by atoms with E-state index in [1.807, 2.05) is 6.92 Å². The number of hydrogen-bond donors (Lipinski definition) is 2. The quantitative estimate of drug-likeness (QED) is 0.560. The van der Waals surface area contributed by atoms with E-state index in [9.17, 15) is 16.8 Å². The summed E-state index contributed by atoms with van der Waals surface area (Å²) in [4.78, 5) is 0. The molecule has 2 N–H and O–H groups in total. The van der Waals surface area contributed by atoms with Crippen LogP contribution in [-0.4, -0.2) is 38.4 Å². The van der Waals surface area contributed by atoms with Gasteiger partial charge < -0.3 is 0 Å². The second-order valence-electron chi connectivity index (χ2n) is 7.44. The summed E-state index contributed by atoms with van der Waals surface area (Å²) in [6.45, 7) is 4.10. The van der Waals surface area contributed by atoms with E-state index in [1.165, 1.54) is 0 Å². The molecule has 0 radical (unpaired) electrons. The van der Waals surface area contributed by atoms with Crippen molar-refractivity contribution in [2.45, 2.75) is 57.1 Å². The van der Waals surface area contributed by atoms with Gasteiger partial charge in [-0.15, -0.1) is 0 Å². The largest absolute Gasteiger partial charge is 0.286 e. The predicted octanol–water partition coefficient (Wildman–Crippen LogP) is 1.79. The lowest BCUT2D eigenvalue weighted by atomic mass is 9.65. The molecular weight excluding hydrogens is 326 g/mol. The van der Waals surface area contributed by atoms with Gasteiger partial charge in [-0.2, -0.15) is 8.42 Å². The van der Waals surface area contributed by atoms with Crippen molar-refractivity contribution in [1.29, 1.82) is 0 Å². The molecule has 2 aliphatic rings. The van der Waals surface area contributed by atoms with Crippen LogP contribution in [0.15, 0.2) is 0 Å². The topological polar surface area (TPSA) is 101 Å². The fraction of sp³-hybridized carbons (Fsp3) is 1.00. The Balaban J connectivity index is 1.96. The van der Waals surface area contributed by atoms with Crippen LogP contribution in [-0.2, 0) is 20.1 Å². The Morgan fingerprint density at radius 2 is 1.64 bits per heavy atom. The van der Waals surface area contributed by atoms with Crippen LogP contribution in [0.25, 0.3) is 0 Å². The van der Waals surface area contributed by atoms with Crippen LogP contribution in [0, 0.1) is 17.8 Å². The van der Waals surface area contributed by atoms with Gasteiger partial charge in [0.05, 0.1) is 10.5 Å². The van der Waals surface area contributed by atoms with Crippen molar-refractivity contribution in [3.63, 3.8) is 0 Å². The molecular formula is C14H27NO5S2. The molecule has 2 saturated carbocycles. The van der Waals surface area contributed by atoms with Crippen LogP contribution >= 0.6 is 0 Å². The predicted molar refractivity (Wildman–Crippen MR) is 85.6 cm³/mol. The molecule has 22 heavy (non-hydrogen) atoms. The zero-order chi connectivity index (χ0) is 16.6. The number of nitrogens with one attached hydrogen (secondary N) is 1. The van der Waals surface area contributed by atoms with Crippen LogP contribution in [0.2, 0.25) is 0 Å². The van der Waals surface area contributed by atoms with E-state index in [-0.39, 0.29) is 13.0 Å². The van der Waals surface area contributed by atoms with E-state index >= 15 is 0 Å². The first-order chi connectivity index (χ1) is 10.0. The minimum absolute atomic E-state index is 0.0451. The summed E-state index contributed by atoms with van der Waals surface area (Å²) in [5.41, 5.74) is 0. The van der Waals surface area contributed by atoms with Crippen LogP contribution < -0.4 is 4.72 Å². The fourth-order valence-corrected chi connectivity index (χ4v) is 6.57. The van der Waals surface area contributed by atoms with Crippen molar-refractivity contribution in [3.05, 3.63) is 0 Å². The molecule has 0 aliphatic heterocycles. The van der Waals surface area contributed by atoms with Crippen molar-refractivity contribution in [2.75, 3.05) is 12.3 Å². The highest BCUT2D eigenvalue weighted by Crippen LogP contribution is 2.48. The Morgan fingerprint density at radius 1 is 1.09 bits per heavy atom. The van der Waals surface area contributed by atoms with E-state index in [2.05, 4.69) is 11.6 Å². The molecule has 0 saturated heterocycles. The van der Waals surface area contributed by atoms with Gasteiger partial charge in [0.25, 0.3) is 10.1 Å². The summed E-state index contributed by atoms with van der Waals surface area (Å²) in [5.74, 6) is 1.21. The Bertz CT molecular complexity index is 581. The van der Waals surface area contributed by atoms with Crippen molar-refractivity contribution in [1.82, 2.24) is 4.72 Å². The Morgan fingerprint density at radius 3 is 2.14 bits per heavy atom. The summed E-state index contributed by atoms with van der Waals surface area (Å²) in [6, 6.07) is 0. The first-order valence-corrected chi connectivity index (χ1v) is 11.0. The third-order valence-electron chi connectivity index (χ3n) is 5.10. The molecule has 0 aromatic rings. The average molecular weight is 354 g/mol. The average Bonchev–Trinajstić information content (AvgIpc) is 2.31. The molecule has 0 amide bonds. The Kier molecular flexibility index (Phi) is 5.26. The van der Waals surface area contributed by atoms with E-state index in [4.69, 9.17) is 4.55 Å². The maximum atomic E-state index is 12.6. The van der Waals surface area contributed by atoms with Gasteiger partial charge >= 0.3 is 0 Å². The van der Waals surface area contributed by atoms with E-state index in [0.717, 1.165) is 19.3 Å². The van der Waals surface area contributed by atoms with Gasteiger partial charge in [-0.05, 0) is 63.2 Å². The second-order valence-corrected chi connectivity index (χ2v) is 11.3. The normalized spacial score (nSPS) is 36.2. The first-order valence-electron chi connectivity index (χ1n) is 7.95. The minimum Gasteiger partial charge on any atom is -0.286 e. The van der Waals surface area contributed by atoms with Gasteiger partial charge in [-0.3, -0.25) is 4.55 Å². The number of fused-ring (bicyclic) bond motifs is 2. The second kappa shape index (κ2) is 6.37. The summed E-state index contributed by atoms with van der Waals surface area (Å²) in [5, 5.41) is 0. The Hall–Kier alpha value is -0.180. The summed E-state index contributed by atoms with van der Waals surface area (Å²) in [6.07, 6.45) is 4.79. The van der Waals surface area contributed by atoms with Gasteiger partial charge in [0.2, 0.25) is 10.0 Å². The number of rotatable bonds is 6. The highest BCUT2D eigenvalue weighted by atomic mass is 32.2. The molecule has 2 bridgehead atoms. The summed E-state index contributed by atoms with van der Waals surface area (Å²) in [7, 11) is -7.52. The zero-order valence-corrected chi connectivity index (χ0v) is 14.9. The highest BCUT2D eigenvalue weighted by Gasteiger charge is 2.48. The summed E-state index contributed by atoms with van der Waals surface area (Å²) >= 11 is 0. The first kappa shape index (κ1) is 18.2. The van der Waals surface area contributed by atoms with Crippen LogP contribution in [0.4, 0.5) is 0 Å². The molecule has 2 fully saturated rings. The molecule has 6 nitrogen and oxygen atoms in total. The molecule has 0 spiro atoms. The molecule has 8 heteroatoms. The third kappa shape index (κ3) is 4.43. The SMILES string of the molecule is CC1CC2CC(C1)CC(C)(S(=O)(=O)NCCCS(=O)(=O)O)C2. The van der Waals surface area contributed by atoms with Crippen LogP contribution in [0.3, 0.4) is 0 Å². The molecule has 0 aromatic carbocycles. The monoisotopic (exact) mass is 353 g/mol. The molecule has 2 rings (SSSR count). The molecule has 0 aromatic heterocycles. The third-order valence-corrected chi connectivity index (χ3v) is 8.12. The van der Waals surface area contributed by atoms with E-state index in [0.29, 0.717) is 30.6 Å². The standard InChI is InChI=1S/C14H27NO5S2/c1-11-6-12-8-13(7-11)10-14(2,9-12)22(19,20)15-4-3-5-21(16,17)18/h11-13,15H,3-10H2,1-2H3,(H,16,17,18). The number of sulfonamides is 1. The molecule has 130 valence electrons. The van der Waals surface area contributed by atoms with Crippen LogP contribution in [0.1, 0.15) is 52.4 Å². The zero-order valence-electron chi connectivity index (χ0n) is 13.3. The Labute approximate surface area is 133 Å². The number of hydrogen-bond acceptors (Lipinski definition) is 4. The van der Waals surface area contributed by atoms with Gasteiger partial charge in [-0.1, -0.05) is 6.92 Å². The van der Waals surface area contributed by atoms with Crippen molar-refractivity contribution in [3.8, 4) is 0 Å². The maximum absolute atomic E-state index is 12.6. The summed E-state index contributed by atoms with van der Waals surface area (Å²) < 4.78 is 57.0. The lowest BCUT2D eigenvalue weighted by Gasteiger charge is -2.46. The highest BCUT2D eigenvalue weighted by molar-refractivity contribution is 7.90. The van der Waals surface area contributed by atoms with Crippen molar-refractivity contribution >= 4 is 20.1 Å². The van der Waals surface area contributed by atoms with Gasteiger partial charge in [0.1, 0.15) is 0 Å². The van der Waals surface area contributed by atoms with Gasteiger partial charge in [0, 0.05) is 6.54 Å². The van der Waals surface area contributed by atoms with Crippen LogP contribution in [0.5, 0.6) is 0 Å². The molecule has 2 unspecified atom stereocenters. The lowest BCUT2D eigenvalue weighted by molar-refractivity contribution is 0.120. The van der Waals surface area contributed by atoms with E-state index in [1.54, 1.807) is 0 Å². The molecule has 2 atom stereocenters. The molecule has 2 aliphatic carbocycles. The minimum atomic E-state index is -4.04. The smallest absolute Gasteiger partial charge is 0.264 e. The van der Waals surface area contributed by atoms with E-state index < -0.39 is 30.6 Å². The maximum Gasteiger partial charge on any atom is 0.264 e. The van der Waals surface area contributed by atoms with Gasteiger partial charge in [-0.25, -0.2) is 13.1 Å². The van der Waals surface area contributed by atoms with Crippen molar-refractivity contribution in [2.24, 2.45) is 17.8 Å². The van der Waals surface area contributed by atoms with Gasteiger partial charge in [0.15, 0.2) is 0 Å². The fourth-order valence-electron chi connectivity index (χ4n) is 4.39.